The summed E-state index contributed by atoms with van der Waals surface area (Å²) in [7, 11) is 0. The second-order valence-electron chi connectivity index (χ2n) is 7.25. The molecule has 0 bridgehead atoms. The molecular weight excluding hydrogens is 381 g/mol. The molecule has 3 rings (SSSR count). The summed E-state index contributed by atoms with van der Waals surface area (Å²) in [4.78, 5) is 28.4. The Hall–Kier alpha value is -2.98. The van der Waals surface area contributed by atoms with E-state index < -0.39 is 17.3 Å². The van der Waals surface area contributed by atoms with Crippen molar-refractivity contribution in [1.29, 1.82) is 0 Å². The third kappa shape index (κ3) is 3.94. The van der Waals surface area contributed by atoms with Crippen molar-refractivity contribution in [3.63, 3.8) is 0 Å². The molecule has 0 unspecified atom stereocenters. The number of nitrogens with one attached hydrogen (secondary N) is 2. The number of urea groups is 1. The largest absolute Gasteiger partial charge is 0.395 e. The van der Waals surface area contributed by atoms with Crippen LogP contribution < -0.4 is 5.32 Å². The molecule has 0 atom stereocenters. The lowest BCUT2D eigenvalue weighted by Gasteiger charge is -2.36. The quantitative estimate of drug-likeness (QED) is 0.576. The monoisotopic (exact) mass is 405 g/mol. The highest BCUT2D eigenvalue weighted by atomic mass is 19.1. The Kier molecular flexibility index (Phi) is 5.85. The molecule has 3 amide bonds. The first-order chi connectivity index (χ1) is 13.8. The maximum Gasteiger partial charge on any atom is 0.321 e. The number of hydrogen-bond donors (Lipinski definition) is 4. The molecule has 10 heteroatoms. The van der Waals surface area contributed by atoms with Gasteiger partial charge in [0.05, 0.1) is 31.0 Å². The number of anilines is 1. The highest BCUT2D eigenvalue weighted by Crippen LogP contribution is 2.41. The van der Waals surface area contributed by atoms with E-state index in [-0.39, 0.29) is 44.4 Å². The summed E-state index contributed by atoms with van der Waals surface area (Å²) in [5.74, 6) is -0.578. The highest BCUT2D eigenvalue weighted by molar-refractivity contribution is 6.04. The average Bonchev–Trinajstić information content (AvgIpc) is 3.20. The van der Waals surface area contributed by atoms with Crippen molar-refractivity contribution < 1.29 is 24.2 Å². The molecular formula is C19H24FN5O4. The molecule has 4 N–H and O–H groups in total. The molecule has 1 aliphatic rings. The first kappa shape index (κ1) is 20.7. The Balaban J connectivity index is 1.81. The second kappa shape index (κ2) is 8.18. The van der Waals surface area contributed by atoms with E-state index in [1.165, 1.54) is 29.2 Å². The fourth-order valence-electron chi connectivity index (χ4n) is 3.42. The van der Waals surface area contributed by atoms with E-state index >= 15 is 0 Å². The van der Waals surface area contributed by atoms with Crippen LogP contribution in [0, 0.1) is 5.82 Å². The van der Waals surface area contributed by atoms with Gasteiger partial charge >= 0.3 is 6.03 Å². The summed E-state index contributed by atoms with van der Waals surface area (Å²) in [5, 5.41) is 28.2. The second-order valence-corrected chi connectivity index (χ2v) is 7.25. The minimum Gasteiger partial charge on any atom is -0.395 e. The number of aromatic nitrogens is 2. The SMILES string of the molecule is CC1(C)c2[nH]nc(NC(=O)c3ccc(F)cc3)c2CN1C(=O)N(CCO)CCO. The van der Waals surface area contributed by atoms with Crippen molar-refractivity contribution >= 4 is 17.8 Å². The number of aromatic amines is 1. The Morgan fingerprint density at radius 1 is 1.24 bits per heavy atom. The molecule has 1 aliphatic heterocycles. The standard InChI is InChI=1S/C19H24FN5O4/c1-19(2)15-14(11-25(19)18(29)24(7-9-26)8-10-27)16(23-22-15)21-17(28)12-3-5-13(20)6-4-12/h3-6,26-27H,7-11H2,1-2H3,(H2,21,22,23,28). The van der Waals surface area contributed by atoms with Crippen LogP contribution in [0.5, 0.6) is 0 Å². The van der Waals surface area contributed by atoms with Crippen molar-refractivity contribution in [2.45, 2.75) is 25.9 Å². The van der Waals surface area contributed by atoms with Crippen LogP contribution in [-0.2, 0) is 12.1 Å². The summed E-state index contributed by atoms with van der Waals surface area (Å²) < 4.78 is 13.1. The molecule has 2 aromatic rings. The number of rotatable bonds is 6. The van der Waals surface area contributed by atoms with Gasteiger partial charge in [0.25, 0.3) is 5.91 Å². The summed E-state index contributed by atoms with van der Waals surface area (Å²) in [6, 6.07) is 4.81. The topological polar surface area (TPSA) is 122 Å². The number of halogens is 1. The Morgan fingerprint density at radius 2 is 1.86 bits per heavy atom. The van der Waals surface area contributed by atoms with Gasteiger partial charge in [-0.3, -0.25) is 9.89 Å². The normalized spacial score (nSPS) is 14.6. The van der Waals surface area contributed by atoms with Crippen LogP contribution in [0.25, 0.3) is 0 Å². The lowest BCUT2D eigenvalue weighted by atomic mass is 10.0. The molecule has 0 spiro atoms. The van der Waals surface area contributed by atoms with Crippen molar-refractivity contribution in [1.82, 2.24) is 20.0 Å². The average molecular weight is 405 g/mol. The Labute approximate surface area is 167 Å². The van der Waals surface area contributed by atoms with Gasteiger partial charge in [0, 0.05) is 24.2 Å². The van der Waals surface area contributed by atoms with Crippen LogP contribution in [0.4, 0.5) is 15.0 Å². The zero-order valence-electron chi connectivity index (χ0n) is 16.3. The Bertz CT molecular complexity index is 891. The van der Waals surface area contributed by atoms with E-state index in [4.69, 9.17) is 0 Å². The van der Waals surface area contributed by atoms with Gasteiger partial charge in [0.2, 0.25) is 0 Å². The lowest BCUT2D eigenvalue weighted by Crippen LogP contribution is -2.49. The van der Waals surface area contributed by atoms with E-state index in [9.17, 15) is 24.2 Å². The van der Waals surface area contributed by atoms with E-state index in [0.29, 0.717) is 17.1 Å². The molecule has 156 valence electrons. The van der Waals surface area contributed by atoms with Crippen molar-refractivity contribution in [3.05, 3.63) is 46.9 Å². The number of hydrogen-bond acceptors (Lipinski definition) is 5. The smallest absolute Gasteiger partial charge is 0.321 e. The molecule has 0 fully saturated rings. The highest BCUT2D eigenvalue weighted by Gasteiger charge is 2.45. The third-order valence-corrected chi connectivity index (χ3v) is 5.05. The summed E-state index contributed by atoms with van der Waals surface area (Å²) in [5.41, 5.74) is 0.909. The minimum atomic E-state index is -0.735. The number of carbonyl (C=O) groups is 2. The number of fused-ring (bicyclic) bond motifs is 1. The number of carbonyl (C=O) groups excluding carboxylic acids is 2. The van der Waals surface area contributed by atoms with Crippen LogP contribution in [0.1, 0.15) is 35.5 Å². The van der Waals surface area contributed by atoms with Crippen LogP contribution in [0.3, 0.4) is 0 Å². The number of aliphatic hydroxyl groups excluding tert-OH is 2. The first-order valence-electron chi connectivity index (χ1n) is 9.22. The third-order valence-electron chi connectivity index (χ3n) is 5.05. The van der Waals surface area contributed by atoms with Crippen LogP contribution in [0.15, 0.2) is 24.3 Å². The molecule has 29 heavy (non-hydrogen) atoms. The van der Waals surface area contributed by atoms with Crippen molar-refractivity contribution in [3.8, 4) is 0 Å². The van der Waals surface area contributed by atoms with Crippen LogP contribution >= 0.6 is 0 Å². The predicted molar refractivity (Wildman–Crippen MR) is 103 cm³/mol. The number of H-pyrrole nitrogens is 1. The molecule has 9 nitrogen and oxygen atoms in total. The zero-order valence-corrected chi connectivity index (χ0v) is 16.3. The van der Waals surface area contributed by atoms with E-state index in [0.717, 1.165) is 0 Å². The molecule has 1 aromatic carbocycles. The van der Waals surface area contributed by atoms with Gasteiger partial charge in [-0.2, -0.15) is 5.10 Å². The minimum absolute atomic E-state index is 0.103. The predicted octanol–water partition coefficient (Wildman–Crippen LogP) is 1.26. The van der Waals surface area contributed by atoms with Gasteiger partial charge in [-0.05, 0) is 38.1 Å². The van der Waals surface area contributed by atoms with Gasteiger partial charge in [-0.1, -0.05) is 0 Å². The van der Waals surface area contributed by atoms with Crippen molar-refractivity contribution in [2.24, 2.45) is 0 Å². The van der Waals surface area contributed by atoms with Gasteiger partial charge < -0.3 is 25.3 Å². The summed E-state index contributed by atoms with van der Waals surface area (Å²) in [6.07, 6.45) is 0. The fourth-order valence-corrected chi connectivity index (χ4v) is 3.42. The number of nitrogens with zero attached hydrogens (tertiary/aromatic N) is 3. The van der Waals surface area contributed by atoms with Crippen molar-refractivity contribution in [2.75, 3.05) is 31.6 Å². The summed E-state index contributed by atoms with van der Waals surface area (Å²) >= 11 is 0. The van der Waals surface area contributed by atoms with Crippen LogP contribution in [-0.4, -0.2) is 68.5 Å². The number of aliphatic hydroxyl groups is 2. The summed E-state index contributed by atoms with van der Waals surface area (Å²) in [6.45, 7) is 3.66. The molecule has 0 radical (unpaired) electrons. The number of benzene rings is 1. The van der Waals surface area contributed by atoms with Crippen LogP contribution in [0.2, 0.25) is 0 Å². The van der Waals surface area contributed by atoms with Gasteiger partial charge in [-0.25, -0.2) is 9.18 Å². The maximum absolute atomic E-state index is 13.1. The molecule has 2 heterocycles. The van der Waals surface area contributed by atoms with Gasteiger partial charge in [-0.15, -0.1) is 0 Å². The molecule has 1 aromatic heterocycles. The lowest BCUT2D eigenvalue weighted by molar-refractivity contribution is 0.0917. The molecule has 0 saturated carbocycles. The Morgan fingerprint density at radius 3 is 2.45 bits per heavy atom. The van der Waals surface area contributed by atoms with E-state index in [2.05, 4.69) is 15.5 Å². The fraction of sp³-hybridized carbons (Fsp3) is 0.421. The molecule has 0 aliphatic carbocycles. The van der Waals surface area contributed by atoms with E-state index in [1.54, 1.807) is 4.90 Å². The maximum atomic E-state index is 13.1. The number of amides is 3. The molecule has 0 saturated heterocycles. The first-order valence-corrected chi connectivity index (χ1v) is 9.22. The van der Waals surface area contributed by atoms with Gasteiger partial charge in [0.1, 0.15) is 5.82 Å². The zero-order chi connectivity index (χ0) is 21.2. The van der Waals surface area contributed by atoms with E-state index in [1.807, 2.05) is 13.8 Å². The van der Waals surface area contributed by atoms with Gasteiger partial charge in [0.15, 0.2) is 5.82 Å².